The minimum atomic E-state index is -0.0317. The lowest BCUT2D eigenvalue weighted by molar-refractivity contribution is 0.103. The van der Waals surface area contributed by atoms with Gasteiger partial charge in [0.25, 0.3) is 0 Å². The van der Waals surface area contributed by atoms with E-state index in [4.69, 9.17) is 0 Å². The third-order valence-electron chi connectivity index (χ3n) is 4.76. The van der Waals surface area contributed by atoms with Crippen molar-refractivity contribution >= 4 is 51.5 Å². The summed E-state index contributed by atoms with van der Waals surface area (Å²) < 4.78 is 1.18. The predicted octanol–water partition coefficient (Wildman–Crippen LogP) is 6.16. The van der Waals surface area contributed by atoms with Gasteiger partial charge in [0.15, 0.2) is 5.78 Å². The number of nitrogens with one attached hydrogen (secondary N) is 1. The molecular formula is C22H14INOS. The van der Waals surface area contributed by atoms with E-state index in [0.717, 1.165) is 38.5 Å². The molecule has 2 aliphatic rings. The number of carbonyl (C=O) groups is 1. The van der Waals surface area contributed by atoms with Crippen molar-refractivity contribution in [3.05, 3.63) is 98.6 Å². The van der Waals surface area contributed by atoms with Gasteiger partial charge in [-0.05, 0) is 52.4 Å². The van der Waals surface area contributed by atoms with E-state index in [-0.39, 0.29) is 11.0 Å². The Kier molecular flexibility index (Phi) is 3.90. The third-order valence-corrected chi connectivity index (χ3v) is 6.78. The average Bonchev–Trinajstić information content (AvgIpc) is 2.83. The topological polar surface area (TPSA) is 29.1 Å². The van der Waals surface area contributed by atoms with Crippen molar-refractivity contribution in [3.63, 3.8) is 0 Å². The van der Waals surface area contributed by atoms with Crippen LogP contribution in [0.1, 0.15) is 26.7 Å². The van der Waals surface area contributed by atoms with Crippen molar-refractivity contribution < 1.29 is 4.79 Å². The van der Waals surface area contributed by atoms with Crippen LogP contribution < -0.4 is 5.32 Å². The number of hydrogen-bond acceptors (Lipinski definition) is 3. The number of para-hydroxylation sites is 1. The Labute approximate surface area is 169 Å². The van der Waals surface area contributed by atoms with Crippen molar-refractivity contribution in [2.24, 2.45) is 0 Å². The summed E-state index contributed by atoms with van der Waals surface area (Å²) in [4.78, 5) is 14.5. The summed E-state index contributed by atoms with van der Waals surface area (Å²) in [6.45, 7) is 0. The zero-order valence-corrected chi connectivity index (χ0v) is 16.7. The number of thioether (sulfide) groups is 1. The highest BCUT2D eigenvalue weighted by molar-refractivity contribution is 14.1. The summed E-state index contributed by atoms with van der Waals surface area (Å²) in [5.41, 5.74) is 5.82. The number of fused-ring (bicyclic) bond motifs is 3. The van der Waals surface area contributed by atoms with Gasteiger partial charge in [-0.3, -0.25) is 4.79 Å². The lowest BCUT2D eigenvalue weighted by Gasteiger charge is -2.17. The van der Waals surface area contributed by atoms with Crippen LogP contribution >= 0.6 is 34.4 Å². The summed E-state index contributed by atoms with van der Waals surface area (Å²) in [5, 5.41) is 3.53. The van der Waals surface area contributed by atoms with E-state index in [9.17, 15) is 4.79 Å². The van der Waals surface area contributed by atoms with Crippen LogP contribution in [-0.2, 0) is 0 Å². The second-order valence-corrected chi connectivity index (χ2v) is 8.73. The molecule has 0 bridgehead atoms. The number of hydrogen-bond donors (Lipinski definition) is 1. The number of anilines is 1. The van der Waals surface area contributed by atoms with Gasteiger partial charge in [0.2, 0.25) is 0 Å². The number of Topliss-reactive ketones (excluding diaryl/α,β-unsaturated/α-hetero) is 1. The molecule has 1 aliphatic carbocycles. The van der Waals surface area contributed by atoms with Crippen LogP contribution in [0.3, 0.4) is 0 Å². The lowest BCUT2D eigenvalue weighted by Crippen LogP contribution is -2.07. The van der Waals surface area contributed by atoms with Crippen LogP contribution in [0, 0.1) is 3.57 Å². The Morgan fingerprint density at radius 1 is 0.885 bits per heavy atom. The molecular weight excluding hydrogens is 453 g/mol. The molecule has 1 unspecified atom stereocenters. The van der Waals surface area contributed by atoms with E-state index >= 15 is 0 Å². The molecule has 3 aromatic rings. The second kappa shape index (κ2) is 6.28. The highest BCUT2D eigenvalue weighted by Crippen LogP contribution is 2.52. The summed E-state index contributed by atoms with van der Waals surface area (Å²) in [6, 6.07) is 24.6. The molecule has 126 valence electrons. The smallest absolute Gasteiger partial charge is 0.193 e. The van der Waals surface area contributed by atoms with Crippen LogP contribution in [0.4, 0.5) is 5.69 Å². The van der Waals surface area contributed by atoms with Gasteiger partial charge in [-0.2, -0.15) is 0 Å². The first-order valence-electron chi connectivity index (χ1n) is 8.39. The van der Waals surface area contributed by atoms with Gasteiger partial charge >= 0.3 is 0 Å². The van der Waals surface area contributed by atoms with Crippen molar-refractivity contribution in [3.8, 4) is 0 Å². The quantitative estimate of drug-likeness (QED) is 0.435. The van der Waals surface area contributed by atoms with E-state index in [1.165, 1.54) is 3.57 Å². The number of benzene rings is 3. The first kappa shape index (κ1) is 16.1. The van der Waals surface area contributed by atoms with Crippen LogP contribution in [0.5, 0.6) is 0 Å². The molecule has 1 aliphatic heterocycles. The molecule has 4 heteroatoms. The van der Waals surface area contributed by atoms with Crippen molar-refractivity contribution in [2.45, 2.75) is 10.1 Å². The highest BCUT2D eigenvalue weighted by Gasteiger charge is 2.37. The molecule has 1 N–H and O–H groups in total. The molecule has 0 saturated carbocycles. The molecule has 3 aromatic carbocycles. The van der Waals surface area contributed by atoms with E-state index in [0.29, 0.717) is 0 Å². The average molecular weight is 467 g/mol. The highest BCUT2D eigenvalue weighted by atomic mass is 127. The Bertz CT molecular complexity index is 1090. The Morgan fingerprint density at radius 2 is 1.65 bits per heavy atom. The molecule has 0 fully saturated rings. The lowest BCUT2D eigenvalue weighted by atomic mass is 10.0. The SMILES string of the molecule is O=C1C2=C(Nc3ccccc3SC2c2cccc(I)c2)c2ccccc21. The van der Waals surface area contributed by atoms with Gasteiger partial charge in [0.05, 0.1) is 16.6 Å². The number of carbonyl (C=O) groups excluding carboxylic acids is 1. The van der Waals surface area contributed by atoms with Crippen LogP contribution in [-0.4, -0.2) is 5.78 Å². The number of rotatable bonds is 1. The number of ketones is 1. The minimum absolute atomic E-state index is 0.0317. The fourth-order valence-corrected chi connectivity index (χ4v) is 5.44. The van der Waals surface area contributed by atoms with Gasteiger partial charge in [-0.25, -0.2) is 0 Å². The Hall–Kier alpha value is -2.05. The largest absolute Gasteiger partial charge is 0.354 e. The molecule has 0 aromatic heterocycles. The molecule has 0 amide bonds. The molecule has 1 atom stereocenters. The second-order valence-electron chi connectivity index (χ2n) is 6.34. The maximum absolute atomic E-state index is 13.3. The van der Waals surface area contributed by atoms with Crippen LogP contribution in [0.15, 0.2) is 83.3 Å². The van der Waals surface area contributed by atoms with Gasteiger partial charge in [-0.1, -0.05) is 48.5 Å². The van der Waals surface area contributed by atoms with E-state index in [1.807, 2.05) is 36.4 Å². The summed E-state index contributed by atoms with van der Waals surface area (Å²) >= 11 is 4.08. The van der Waals surface area contributed by atoms with E-state index < -0.39 is 0 Å². The van der Waals surface area contributed by atoms with Crippen molar-refractivity contribution in [2.75, 3.05) is 5.32 Å². The molecule has 26 heavy (non-hydrogen) atoms. The van der Waals surface area contributed by atoms with Gasteiger partial charge in [-0.15, -0.1) is 11.8 Å². The maximum atomic E-state index is 13.3. The minimum Gasteiger partial charge on any atom is -0.354 e. The predicted molar refractivity (Wildman–Crippen MR) is 116 cm³/mol. The number of halogens is 1. The molecule has 2 nitrogen and oxygen atoms in total. The molecule has 5 rings (SSSR count). The zero-order valence-electron chi connectivity index (χ0n) is 13.7. The van der Waals surface area contributed by atoms with Gasteiger partial charge in [0, 0.05) is 25.2 Å². The van der Waals surface area contributed by atoms with Crippen molar-refractivity contribution in [1.82, 2.24) is 0 Å². The molecule has 1 heterocycles. The monoisotopic (exact) mass is 467 g/mol. The molecule has 0 spiro atoms. The summed E-state index contributed by atoms with van der Waals surface area (Å²) in [7, 11) is 0. The van der Waals surface area contributed by atoms with Crippen LogP contribution in [0.25, 0.3) is 5.70 Å². The van der Waals surface area contributed by atoms with E-state index in [2.05, 4.69) is 64.3 Å². The standard InChI is InChI=1S/C22H14INOS/c23-14-7-5-6-13(12-14)22-19-20(15-8-1-2-9-16(15)21(19)25)24-17-10-3-4-11-18(17)26-22/h1-12,22,24H. The third kappa shape index (κ3) is 2.51. The maximum Gasteiger partial charge on any atom is 0.193 e. The first-order valence-corrected chi connectivity index (χ1v) is 10.3. The fraction of sp³-hybridized carbons (Fsp3) is 0.0455. The molecule has 0 radical (unpaired) electrons. The van der Waals surface area contributed by atoms with E-state index in [1.54, 1.807) is 11.8 Å². The Morgan fingerprint density at radius 3 is 2.50 bits per heavy atom. The fourth-order valence-electron chi connectivity index (χ4n) is 3.59. The van der Waals surface area contributed by atoms with Gasteiger partial charge in [0.1, 0.15) is 0 Å². The normalized spacial score (nSPS) is 17.9. The zero-order chi connectivity index (χ0) is 17.7. The van der Waals surface area contributed by atoms with Gasteiger partial charge < -0.3 is 5.32 Å². The molecule has 0 saturated heterocycles. The first-order chi connectivity index (χ1) is 12.7. The van der Waals surface area contributed by atoms with Crippen molar-refractivity contribution in [1.29, 1.82) is 0 Å². The van der Waals surface area contributed by atoms with Crippen LogP contribution in [0.2, 0.25) is 0 Å². The summed E-state index contributed by atoms with van der Waals surface area (Å²) in [5.74, 6) is 0.132. The Balaban J connectivity index is 1.76. The summed E-state index contributed by atoms with van der Waals surface area (Å²) in [6.07, 6.45) is 0.